The van der Waals surface area contributed by atoms with Crippen molar-refractivity contribution in [3.05, 3.63) is 71.7 Å². The van der Waals surface area contributed by atoms with Crippen LogP contribution in [0.4, 0.5) is 21.9 Å². The molecule has 2 N–H and O–H groups in total. The zero-order chi connectivity index (χ0) is 24.6. The summed E-state index contributed by atoms with van der Waals surface area (Å²) in [6, 6.07) is 18.5. The van der Waals surface area contributed by atoms with Gasteiger partial charge in [-0.3, -0.25) is 9.69 Å². The Morgan fingerprint density at radius 3 is 2.53 bits per heavy atom. The summed E-state index contributed by atoms with van der Waals surface area (Å²) in [7, 11) is 2.09. The summed E-state index contributed by atoms with van der Waals surface area (Å²) in [5.41, 5.74) is 1.92. The second-order valence-electron chi connectivity index (χ2n) is 9.04. The monoisotopic (exact) mass is 499 g/mol. The van der Waals surface area contributed by atoms with Crippen LogP contribution in [0.5, 0.6) is 11.5 Å². The number of rotatable bonds is 5. The van der Waals surface area contributed by atoms with E-state index in [0.717, 1.165) is 37.1 Å². The first-order valence-electron chi connectivity index (χ1n) is 11.9. The van der Waals surface area contributed by atoms with E-state index in [0.29, 0.717) is 32.5 Å². The molecule has 6 rings (SSSR count). The molecule has 0 spiro atoms. The van der Waals surface area contributed by atoms with E-state index in [2.05, 4.69) is 27.6 Å². The van der Waals surface area contributed by atoms with Gasteiger partial charge in [0.2, 0.25) is 0 Å². The van der Waals surface area contributed by atoms with E-state index in [4.69, 9.17) is 4.74 Å². The summed E-state index contributed by atoms with van der Waals surface area (Å²) in [6.45, 7) is 1.91. The number of amides is 3. The van der Waals surface area contributed by atoms with Crippen LogP contribution in [0.15, 0.2) is 66.9 Å². The number of likely N-dealkylation sites (tertiary alicyclic amines) is 1. The summed E-state index contributed by atoms with van der Waals surface area (Å²) in [5, 5.41) is 6.89. The molecule has 36 heavy (non-hydrogen) atoms. The standard InChI is InChI=1S/C27H25N5O3S/c1-31-15-12-17(13-16-31)29-25(33)24-23-22-21(11-14-28-26(22)36-24)32(27(34)30-23)18-7-9-20(10-8-18)35-19-5-3-2-4-6-19/h2-11,14,17H,12-13,15-16H2,1H3,(H,29,33)(H,30,34). The lowest BCUT2D eigenvalue weighted by Gasteiger charge is -2.30. The average Bonchev–Trinajstić information content (AvgIpc) is 3.26. The van der Waals surface area contributed by atoms with Gasteiger partial charge in [0.05, 0.1) is 22.4 Å². The van der Waals surface area contributed by atoms with Crippen molar-refractivity contribution in [2.75, 3.05) is 30.4 Å². The first kappa shape index (κ1) is 22.5. The number of carbonyl (C=O) groups excluding carboxylic acids is 2. The first-order chi connectivity index (χ1) is 17.6. The van der Waals surface area contributed by atoms with Crippen LogP contribution in [0, 0.1) is 0 Å². The van der Waals surface area contributed by atoms with Crippen molar-refractivity contribution < 1.29 is 14.3 Å². The summed E-state index contributed by atoms with van der Waals surface area (Å²) in [5.74, 6) is 1.25. The molecule has 2 aromatic carbocycles. The van der Waals surface area contributed by atoms with Crippen LogP contribution in [-0.2, 0) is 0 Å². The minimum atomic E-state index is -0.321. The number of benzene rings is 2. The van der Waals surface area contributed by atoms with Crippen LogP contribution in [0.2, 0.25) is 0 Å². The van der Waals surface area contributed by atoms with Gasteiger partial charge in [-0.15, -0.1) is 11.3 Å². The summed E-state index contributed by atoms with van der Waals surface area (Å²) < 4.78 is 5.88. The van der Waals surface area contributed by atoms with E-state index in [9.17, 15) is 9.59 Å². The third-order valence-electron chi connectivity index (χ3n) is 6.58. The van der Waals surface area contributed by atoms with Crippen molar-refractivity contribution in [3.8, 4) is 11.5 Å². The van der Waals surface area contributed by atoms with E-state index in [1.807, 2.05) is 60.7 Å². The van der Waals surface area contributed by atoms with Crippen LogP contribution in [-0.4, -0.2) is 48.0 Å². The number of thiophene rings is 1. The van der Waals surface area contributed by atoms with E-state index >= 15 is 0 Å². The lowest BCUT2D eigenvalue weighted by Crippen LogP contribution is -2.43. The molecule has 0 unspecified atom stereocenters. The number of hydrogen-bond acceptors (Lipinski definition) is 6. The lowest BCUT2D eigenvalue weighted by molar-refractivity contribution is 0.0922. The van der Waals surface area contributed by atoms with Gasteiger partial charge in [-0.05, 0) is 75.4 Å². The maximum absolute atomic E-state index is 13.3. The summed E-state index contributed by atoms with van der Waals surface area (Å²) in [4.78, 5) is 36.1. The highest BCUT2D eigenvalue weighted by Gasteiger charge is 2.33. The Balaban J connectivity index is 1.29. The second kappa shape index (κ2) is 9.25. The Bertz CT molecular complexity index is 1430. The Morgan fingerprint density at radius 2 is 1.78 bits per heavy atom. The zero-order valence-corrected chi connectivity index (χ0v) is 20.5. The molecule has 3 amide bonds. The van der Waals surface area contributed by atoms with E-state index in [1.54, 1.807) is 11.1 Å². The van der Waals surface area contributed by atoms with Gasteiger partial charge in [0.15, 0.2) is 0 Å². The Kier molecular flexibility index (Phi) is 5.79. The number of aromatic nitrogens is 1. The summed E-state index contributed by atoms with van der Waals surface area (Å²) >= 11 is 1.31. The molecule has 0 aliphatic carbocycles. The third kappa shape index (κ3) is 4.16. The number of piperidine rings is 1. The summed E-state index contributed by atoms with van der Waals surface area (Å²) in [6.07, 6.45) is 3.50. The molecule has 8 nitrogen and oxygen atoms in total. The third-order valence-corrected chi connectivity index (χ3v) is 7.68. The molecular weight excluding hydrogens is 474 g/mol. The zero-order valence-electron chi connectivity index (χ0n) is 19.7. The molecule has 182 valence electrons. The normalized spacial score (nSPS) is 16.1. The number of para-hydroxylation sites is 1. The molecule has 0 bridgehead atoms. The van der Waals surface area contributed by atoms with Gasteiger partial charge in [0.1, 0.15) is 21.2 Å². The van der Waals surface area contributed by atoms with E-state index in [-0.39, 0.29) is 18.0 Å². The predicted molar refractivity (Wildman–Crippen MR) is 142 cm³/mol. The fraction of sp³-hybridized carbons (Fsp3) is 0.222. The van der Waals surface area contributed by atoms with Gasteiger partial charge in [-0.2, -0.15) is 0 Å². The van der Waals surface area contributed by atoms with Gasteiger partial charge in [0, 0.05) is 12.2 Å². The maximum Gasteiger partial charge on any atom is 0.331 e. The molecule has 2 aromatic heterocycles. The second-order valence-corrected chi connectivity index (χ2v) is 10.0. The number of carbonyl (C=O) groups is 2. The Hall–Kier alpha value is -3.95. The maximum atomic E-state index is 13.3. The fourth-order valence-electron chi connectivity index (χ4n) is 4.69. The number of ether oxygens (including phenoxy) is 1. The minimum absolute atomic E-state index is 0.131. The van der Waals surface area contributed by atoms with Crippen LogP contribution in [0.25, 0.3) is 10.2 Å². The molecule has 4 aromatic rings. The van der Waals surface area contributed by atoms with Crippen LogP contribution in [0.1, 0.15) is 22.5 Å². The number of nitrogens with one attached hydrogen (secondary N) is 2. The number of nitrogens with zero attached hydrogens (tertiary/aromatic N) is 3. The van der Waals surface area contributed by atoms with Crippen molar-refractivity contribution >= 4 is 50.6 Å². The Morgan fingerprint density at radius 1 is 1.06 bits per heavy atom. The highest BCUT2D eigenvalue weighted by Crippen LogP contribution is 2.45. The van der Waals surface area contributed by atoms with Crippen LogP contribution >= 0.6 is 11.3 Å². The first-order valence-corrected chi connectivity index (χ1v) is 12.7. The van der Waals surface area contributed by atoms with Crippen LogP contribution in [0.3, 0.4) is 0 Å². The molecule has 0 atom stereocenters. The van der Waals surface area contributed by atoms with Gasteiger partial charge < -0.3 is 20.3 Å². The molecule has 2 aliphatic heterocycles. The van der Waals surface area contributed by atoms with E-state index < -0.39 is 0 Å². The molecule has 1 fully saturated rings. The SMILES string of the molecule is CN1CCC(NC(=O)c2sc3nccc4c3c2NC(=O)N4c2ccc(Oc3ccccc3)cc2)CC1. The minimum Gasteiger partial charge on any atom is -0.457 e. The molecular formula is C27H25N5O3S. The number of anilines is 3. The number of hydrogen-bond donors (Lipinski definition) is 2. The van der Waals surface area contributed by atoms with Crippen LogP contribution < -0.4 is 20.3 Å². The molecule has 1 saturated heterocycles. The predicted octanol–water partition coefficient (Wildman–Crippen LogP) is 5.60. The van der Waals surface area contributed by atoms with Gasteiger partial charge in [-0.1, -0.05) is 18.2 Å². The van der Waals surface area contributed by atoms with Gasteiger partial charge in [0.25, 0.3) is 5.91 Å². The lowest BCUT2D eigenvalue weighted by atomic mass is 10.1. The van der Waals surface area contributed by atoms with Gasteiger partial charge >= 0.3 is 6.03 Å². The quantitative estimate of drug-likeness (QED) is 0.374. The van der Waals surface area contributed by atoms with Crippen molar-refractivity contribution in [2.45, 2.75) is 18.9 Å². The van der Waals surface area contributed by atoms with Crippen molar-refractivity contribution in [1.82, 2.24) is 15.2 Å². The topological polar surface area (TPSA) is 86.8 Å². The molecule has 2 aliphatic rings. The highest BCUT2D eigenvalue weighted by atomic mass is 32.1. The molecule has 0 saturated carbocycles. The average molecular weight is 500 g/mol. The van der Waals surface area contributed by atoms with Crippen molar-refractivity contribution in [1.29, 1.82) is 0 Å². The largest absolute Gasteiger partial charge is 0.457 e. The van der Waals surface area contributed by atoms with E-state index in [1.165, 1.54) is 11.3 Å². The Labute approximate surface area is 212 Å². The molecule has 9 heteroatoms. The smallest absolute Gasteiger partial charge is 0.331 e. The number of urea groups is 1. The van der Waals surface area contributed by atoms with Gasteiger partial charge in [-0.25, -0.2) is 9.78 Å². The van der Waals surface area contributed by atoms with Crippen molar-refractivity contribution in [2.24, 2.45) is 0 Å². The fourth-order valence-corrected chi connectivity index (χ4v) is 5.71. The highest BCUT2D eigenvalue weighted by molar-refractivity contribution is 7.21. The number of pyridine rings is 1. The molecule has 0 radical (unpaired) electrons. The van der Waals surface area contributed by atoms with Crippen molar-refractivity contribution in [3.63, 3.8) is 0 Å². The molecule has 4 heterocycles.